The molecule has 0 aliphatic carbocycles. The number of likely N-dealkylation sites (N-methyl/N-ethyl adjacent to an activating group) is 1. The first-order valence-electron chi connectivity index (χ1n) is 11.8. The highest BCUT2D eigenvalue weighted by Gasteiger charge is 2.27. The molecule has 0 aliphatic rings. The Bertz CT molecular complexity index is 1310. The third-order valence-corrected chi connectivity index (χ3v) is 7.21. The molecule has 1 unspecified atom stereocenters. The molecule has 4 rings (SSSR count). The third kappa shape index (κ3) is 6.37. The van der Waals surface area contributed by atoms with Gasteiger partial charge < -0.3 is 0 Å². The topological polar surface area (TPSA) is 58.4 Å². The number of hydroxylamine groups is 3. The predicted octanol–water partition coefficient (Wildman–Crippen LogP) is 5.58. The van der Waals surface area contributed by atoms with Crippen LogP contribution in [0.2, 0.25) is 5.02 Å². The summed E-state index contributed by atoms with van der Waals surface area (Å²) in [5, 5.41) is 13.7. The van der Waals surface area contributed by atoms with Gasteiger partial charge in [0.15, 0.2) is 0 Å². The molecule has 2 heterocycles. The van der Waals surface area contributed by atoms with Crippen molar-refractivity contribution in [2.24, 2.45) is 0 Å². The van der Waals surface area contributed by atoms with Crippen LogP contribution in [0, 0.1) is 0 Å². The summed E-state index contributed by atoms with van der Waals surface area (Å²) in [7, 11) is 3.53. The summed E-state index contributed by atoms with van der Waals surface area (Å²) in [4.78, 5) is 21.7. The second kappa shape index (κ2) is 11.0. The molecule has 2 aromatic heterocycles. The molecule has 0 spiro atoms. The number of aromatic nitrogens is 2. The van der Waals surface area contributed by atoms with Gasteiger partial charge in [0.1, 0.15) is 17.2 Å². The van der Waals surface area contributed by atoms with E-state index in [-0.39, 0.29) is 16.2 Å². The zero-order valence-corrected chi connectivity index (χ0v) is 22.0. The monoisotopic (exact) mass is 511 g/mol. The van der Waals surface area contributed by atoms with Gasteiger partial charge in [-0.3, -0.25) is 14.3 Å². The molecule has 0 amide bonds. The Hall–Kier alpha value is -2.55. The highest BCUT2D eigenvalue weighted by molar-refractivity contribution is 7.16. The molecule has 8 heteroatoms. The van der Waals surface area contributed by atoms with Gasteiger partial charge in [0, 0.05) is 11.6 Å². The van der Waals surface area contributed by atoms with Gasteiger partial charge in [-0.05, 0) is 41.1 Å². The van der Waals surface area contributed by atoms with Crippen molar-refractivity contribution in [2.45, 2.75) is 32.5 Å². The van der Waals surface area contributed by atoms with Crippen LogP contribution in [-0.4, -0.2) is 51.5 Å². The number of quaternary nitrogens is 1. The third-order valence-electron chi connectivity index (χ3n) is 6.16. The second-order valence-electron chi connectivity index (χ2n) is 9.35. The van der Waals surface area contributed by atoms with Crippen LogP contribution in [0.5, 0.6) is 0 Å². The maximum atomic E-state index is 13.6. The molecule has 1 N–H and O–H groups in total. The molecule has 1 atom stereocenters. The zero-order valence-electron chi connectivity index (χ0n) is 20.4. The molecule has 0 saturated heterocycles. The fraction of sp³-hybridized carbons (Fsp3) is 0.333. The summed E-state index contributed by atoms with van der Waals surface area (Å²) in [6.07, 6.45) is 0.768. The SMILES string of the molecule is CCC(c1nc2sccc2c(=O)n1Cc1ccccc1)N(CC[N+](C)(C)O)Cc1ccc(Cl)cc1. The summed E-state index contributed by atoms with van der Waals surface area (Å²) in [5.74, 6) is 0.758. The molecular formula is C27H32ClN4O2S+. The van der Waals surface area contributed by atoms with Crippen molar-refractivity contribution >= 4 is 33.2 Å². The lowest BCUT2D eigenvalue weighted by Gasteiger charge is -2.33. The molecule has 0 radical (unpaired) electrons. The van der Waals surface area contributed by atoms with E-state index < -0.39 is 0 Å². The largest absolute Gasteiger partial charge is 0.290 e. The van der Waals surface area contributed by atoms with Gasteiger partial charge in [-0.1, -0.05) is 61.0 Å². The minimum absolute atomic E-state index is 0.0155. The number of benzene rings is 2. The van der Waals surface area contributed by atoms with Crippen LogP contribution in [-0.2, 0) is 13.1 Å². The highest BCUT2D eigenvalue weighted by atomic mass is 35.5. The minimum Gasteiger partial charge on any atom is -0.290 e. The Morgan fingerprint density at radius 1 is 1.09 bits per heavy atom. The Morgan fingerprint density at radius 3 is 2.46 bits per heavy atom. The number of fused-ring (bicyclic) bond motifs is 1. The normalized spacial score (nSPS) is 13.0. The standard InChI is InChI=1S/C27H32ClN4O2S/c1-4-24(30(15-16-32(2,3)34)18-21-10-12-22(28)13-11-21)25-29-26-23(14-17-35-26)27(33)31(25)19-20-8-6-5-7-9-20/h5-14,17,24,34H,4,15-16,18-19H2,1-3H3/q+1. The van der Waals surface area contributed by atoms with Crippen LogP contribution >= 0.6 is 22.9 Å². The van der Waals surface area contributed by atoms with Crippen molar-refractivity contribution < 1.29 is 9.85 Å². The minimum atomic E-state index is -0.137. The van der Waals surface area contributed by atoms with Crippen molar-refractivity contribution in [3.8, 4) is 0 Å². The van der Waals surface area contributed by atoms with E-state index in [2.05, 4.69) is 11.8 Å². The Morgan fingerprint density at radius 2 is 1.80 bits per heavy atom. The lowest BCUT2D eigenvalue weighted by atomic mass is 10.1. The van der Waals surface area contributed by atoms with Crippen molar-refractivity contribution in [3.63, 3.8) is 0 Å². The van der Waals surface area contributed by atoms with Gasteiger partial charge >= 0.3 is 0 Å². The van der Waals surface area contributed by atoms with Crippen LogP contribution < -0.4 is 5.56 Å². The highest BCUT2D eigenvalue weighted by Crippen LogP contribution is 2.28. The van der Waals surface area contributed by atoms with E-state index in [1.165, 1.54) is 11.3 Å². The number of thiophene rings is 1. The number of halogens is 1. The second-order valence-corrected chi connectivity index (χ2v) is 10.7. The van der Waals surface area contributed by atoms with Crippen LogP contribution in [0.15, 0.2) is 70.8 Å². The summed E-state index contributed by atoms with van der Waals surface area (Å²) in [6.45, 7) is 4.40. The Labute approximate surface area is 215 Å². The fourth-order valence-electron chi connectivity index (χ4n) is 4.28. The van der Waals surface area contributed by atoms with Crippen molar-refractivity contribution in [2.75, 3.05) is 27.2 Å². The van der Waals surface area contributed by atoms with Gasteiger partial charge in [-0.2, -0.15) is 4.65 Å². The van der Waals surface area contributed by atoms with Gasteiger partial charge in [0.2, 0.25) is 0 Å². The Kier molecular flexibility index (Phi) is 8.04. The van der Waals surface area contributed by atoms with Crippen LogP contribution in [0.25, 0.3) is 10.2 Å². The van der Waals surface area contributed by atoms with E-state index >= 15 is 0 Å². The van der Waals surface area contributed by atoms with Gasteiger partial charge in [0.05, 0.1) is 38.6 Å². The number of hydrogen-bond donors (Lipinski definition) is 1. The molecule has 35 heavy (non-hydrogen) atoms. The molecule has 0 bridgehead atoms. The summed E-state index contributed by atoms with van der Waals surface area (Å²) in [5.41, 5.74) is 2.16. The lowest BCUT2D eigenvalue weighted by Crippen LogP contribution is -2.44. The van der Waals surface area contributed by atoms with Gasteiger partial charge in [-0.15, -0.1) is 11.3 Å². The van der Waals surface area contributed by atoms with E-state index in [4.69, 9.17) is 16.6 Å². The van der Waals surface area contributed by atoms with Crippen LogP contribution in [0.4, 0.5) is 0 Å². The molecule has 184 valence electrons. The first-order valence-corrected chi connectivity index (χ1v) is 13.1. The quantitative estimate of drug-likeness (QED) is 0.223. The van der Waals surface area contributed by atoms with Crippen LogP contribution in [0.1, 0.15) is 36.3 Å². The molecule has 0 fully saturated rings. The molecule has 0 saturated carbocycles. The number of rotatable bonds is 10. The predicted molar refractivity (Wildman–Crippen MR) is 143 cm³/mol. The van der Waals surface area contributed by atoms with Gasteiger partial charge in [0.25, 0.3) is 5.56 Å². The smallest absolute Gasteiger partial charge is 0.262 e. The van der Waals surface area contributed by atoms with Crippen molar-refractivity contribution in [3.05, 3.63) is 98.4 Å². The van der Waals surface area contributed by atoms with E-state index in [1.807, 2.05) is 70.6 Å². The van der Waals surface area contributed by atoms with Gasteiger partial charge in [-0.25, -0.2) is 10.2 Å². The number of hydrogen-bond acceptors (Lipinski definition) is 5. The van der Waals surface area contributed by atoms with E-state index in [0.717, 1.165) is 28.2 Å². The Balaban J connectivity index is 1.79. The summed E-state index contributed by atoms with van der Waals surface area (Å²) in [6, 6.07) is 19.6. The van der Waals surface area contributed by atoms with Crippen molar-refractivity contribution in [1.82, 2.24) is 14.5 Å². The lowest BCUT2D eigenvalue weighted by molar-refractivity contribution is -1.07. The number of nitrogens with zero attached hydrogens (tertiary/aromatic N) is 4. The average Bonchev–Trinajstić information content (AvgIpc) is 3.30. The average molecular weight is 512 g/mol. The summed E-state index contributed by atoms with van der Waals surface area (Å²) >= 11 is 7.61. The van der Waals surface area contributed by atoms with Crippen molar-refractivity contribution in [1.29, 1.82) is 0 Å². The first-order chi connectivity index (χ1) is 16.7. The van der Waals surface area contributed by atoms with E-state index in [0.29, 0.717) is 36.6 Å². The first kappa shape index (κ1) is 25.5. The molecule has 0 aliphatic heterocycles. The molecule has 6 nitrogen and oxygen atoms in total. The molecule has 2 aromatic carbocycles. The maximum Gasteiger partial charge on any atom is 0.262 e. The summed E-state index contributed by atoms with van der Waals surface area (Å²) < 4.78 is 1.69. The molecular weight excluding hydrogens is 480 g/mol. The van der Waals surface area contributed by atoms with Crippen LogP contribution in [0.3, 0.4) is 0 Å². The zero-order chi connectivity index (χ0) is 25.0. The molecule has 4 aromatic rings. The van der Waals surface area contributed by atoms with E-state index in [1.54, 1.807) is 14.1 Å². The van der Waals surface area contributed by atoms with E-state index in [9.17, 15) is 10.0 Å². The fourth-order valence-corrected chi connectivity index (χ4v) is 5.17. The maximum absolute atomic E-state index is 13.6.